The minimum absolute atomic E-state index is 0.0940. The molecule has 1 aliphatic rings. The standard InChI is InChI=1S/C19H29NO2/c1-4-6-12-20-13-10-19(11-14-20,22-18(21)5-2)17-9-7-8-16(3)15-17/h7-9,15H,4-6,10-14H2,1-3H3. The number of nitrogens with zero attached hydrogens (tertiary/aromatic N) is 1. The maximum Gasteiger partial charge on any atom is 0.306 e. The largest absolute Gasteiger partial charge is 0.454 e. The molecule has 0 N–H and O–H groups in total. The zero-order valence-electron chi connectivity index (χ0n) is 14.2. The number of carbonyl (C=O) groups is 1. The zero-order chi connectivity index (χ0) is 16.0. The highest BCUT2D eigenvalue weighted by atomic mass is 16.6. The first-order valence-electron chi connectivity index (χ1n) is 8.61. The first-order valence-corrected chi connectivity index (χ1v) is 8.61. The van der Waals surface area contributed by atoms with Gasteiger partial charge in [0, 0.05) is 32.4 Å². The predicted octanol–water partition coefficient (Wildman–Crippen LogP) is 4.04. The van der Waals surface area contributed by atoms with E-state index in [0.717, 1.165) is 38.0 Å². The van der Waals surface area contributed by atoms with Crippen LogP contribution in [0.5, 0.6) is 0 Å². The molecule has 0 radical (unpaired) electrons. The number of likely N-dealkylation sites (tertiary alicyclic amines) is 1. The molecule has 0 saturated carbocycles. The third-order valence-electron chi connectivity index (χ3n) is 4.63. The van der Waals surface area contributed by atoms with E-state index >= 15 is 0 Å². The number of unbranched alkanes of at least 4 members (excludes halogenated alkanes) is 1. The fraction of sp³-hybridized carbons (Fsp3) is 0.632. The van der Waals surface area contributed by atoms with E-state index in [9.17, 15) is 4.79 Å². The molecule has 22 heavy (non-hydrogen) atoms. The van der Waals surface area contributed by atoms with Crippen LogP contribution in [0.3, 0.4) is 0 Å². The SMILES string of the molecule is CCCCN1CCC(OC(=O)CC)(c2cccc(C)c2)CC1. The molecule has 0 aliphatic carbocycles. The van der Waals surface area contributed by atoms with Crippen LogP contribution in [-0.2, 0) is 15.1 Å². The lowest BCUT2D eigenvalue weighted by Crippen LogP contribution is -2.45. The summed E-state index contributed by atoms with van der Waals surface area (Å²) in [5.74, 6) is -0.0940. The summed E-state index contributed by atoms with van der Waals surface area (Å²) >= 11 is 0. The molecule has 1 fully saturated rings. The van der Waals surface area contributed by atoms with Gasteiger partial charge in [0.2, 0.25) is 0 Å². The summed E-state index contributed by atoms with van der Waals surface area (Å²) in [6, 6.07) is 8.44. The number of piperidine rings is 1. The Morgan fingerprint density at radius 1 is 1.27 bits per heavy atom. The van der Waals surface area contributed by atoms with Crippen LogP contribution in [0.1, 0.15) is 57.1 Å². The number of hydrogen-bond acceptors (Lipinski definition) is 3. The van der Waals surface area contributed by atoms with E-state index in [1.807, 2.05) is 6.92 Å². The Hall–Kier alpha value is -1.35. The Balaban J connectivity index is 2.16. The van der Waals surface area contributed by atoms with E-state index in [-0.39, 0.29) is 5.97 Å². The number of ether oxygens (including phenoxy) is 1. The molecule has 1 aromatic rings. The molecular weight excluding hydrogens is 274 g/mol. The Morgan fingerprint density at radius 3 is 2.59 bits per heavy atom. The summed E-state index contributed by atoms with van der Waals surface area (Å²) in [7, 11) is 0. The number of hydrogen-bond donors (Lipinski definition) is 0. The molecule has 2 rings (SSSR count). The summed E-state index contributed by atoms with van der Waals surface area (Å²) < 4.78 is 5.96. The number of aryl methyl sites for hydroxylation is 1. The first kappa shape index (κ1) is 17.0. The molecule has 0 atom stereocenters. The van der Waals surface area contributed by atoms with Crippen molar-refractivity contribution in [3.63, 3.8) is 0 Å². The molecule has 3 heteroatoms. The van der Waals surface area contributed by atoms with Crippen LogP contribution < -0.4 is 0 Å². The lowest BCUT2D eigenvalue weighted by molar-refractivity contribution is -0.166. The van der Waals surface area contributed by atoms with E-state index in [4.69, 9.17) is 4.74 Å². The van der Waals surface area contributed by atoms with E-state index in [0.29, 0.717) is 6.42 Å². The van der Waals surface area contributed by atoms with Crippen molar-refractivity contribution in [1.82, 2.24) is 4.90 Å². The molecule has 0 unspecified atom stereocenters. The average Bonchev–Trinajstić information content (AvgIpc) is 2.54. The van der Waals surface area contributed by atoms with Gasteiger partial charge < -0.3 is 9.64 Å². The van der Waals surface area contributed by atoms with Crippen molar-refractivity contribution in [1.29, 1.82) is 0 Å². The second-order valence-electron chi connectivity index (χ2n) is 6.39. The van der Waals surface area contributed by atoms with Gasteiger partial charge in [0.15, 0.2) is 0 Å². The van der Waals surface area contributed by atoms with Gasteiger partial charge >= 0.3 is 5.97 Å². The van der Waals surface area contributed by atoms with Crippen molar-refractivity contribution in [2.75, 3.05) is 19.6 Å². The van der Waals surface area contributed by atoms with Crippen LogP contribution in [0.4, 0.5) is 0 Å². The molecule has 0 aromatic heterocycles. The number of rotatable bonds is 6. The van der Waals surface area contributed by atoms with Gasteiger partial charge in [-0.3, -0.25) is 4.79 Å². The van der Waals surface area contributed by atoms with Crippen LogP contribution in [0.15, 0.2) is 24.3 Å². The lowest BCUT2D eigenvalue weighted by Gasteiger charge is -2.41. The molecule has 0 bridgehead atoms. The Labute approximate surface area is 134 Å². The first-order chi connectivity index (χ1) is 10.6. The second-order valence-corrected chi connectivity index (χ2v) is 6.39. The summed E-state index contributed by atoms with van der Waals surface area (Å²) in [4.78, 5) is 14.5. The quantitative estimate of drug-likeness (QED) is 0.743. The molecule has 1 aromatic carbocycles. The van der Waals surface area contributed by atoms with Gasteiger partial charge in [0.05, 0.1) is 0 Å². The van der Waals surface area contributed by atoms with E-state index in [1.165, 1.54) is 18.4 Å². The molecule has 0 spiro atoms. The van der Waals surface area contributed by atoms with Gasteiger partial charge in [-0.15, -0.1) is 0 Å². The normalized spacial score (nSPS) is 18.1. The fourth-order valence-corrected chi connectivity index (χ4v) is 3.19. The van der Waals surface area contributed by atoms with Crippen molar-refractivity contribution in [2.45, 2.75) is 58.5 Å². The molecule has 1 aliphatic heterocycles. The van der Waals surface area contributed by atoms with Crippen LogP contribution >= 0.6 is 0 Å². The molecule has 1 saturated heterocycles. The third-order valence-corrected chi connectivity index (χ3v) is 4.63. The van der Waals surface area contributed by atoms with Gasteiger partial charge in [-0.25, -0.2) is 0 Å². The monoisotopic (exact) mass is 303 g/mol. The van der Waals surface area contributed by atoms with Crippen LogP contribution in [0.25, 0.3) is 0 Å². The number of carbonyl (C=O) groups excluding carboxylic acids is 1. The van der Waals surface area contributed by atoms with Crippen molar-refractivity contribution in [3.8, 4) is 0 Å². The number of benzene rings is 1. The summed E-state index contributed by atoms with van der Waals surface area (Å²) in [5.41, 5.74) is 1.95. The lowest BCUT2D eigenvalue weighted by atomic mass is 9.83. The summed E-state index contributed by atoms with van der Waals surface area (Å²) in [6.45, 7) is 9.35. The zero-order valence-corrected chi connectivity index (χ0v) is 14.2. The van der Waals surface area contributed by atoms with E-state index in [2.05, 4.69) is 43.0 Å². The van der Waals surface area contributed by atoms with Crippen molar-refractivity contribution in [2.24, 2.45) is 0 Å². The molecule has 3 nitrogen and oxygen atoms in total. The second kappa shape index (κ2) is 7.77. The van der Waals surface area contributed by atoms with Gasteiger partial charge in [0.1, 0.15) is 5.60 Å². The third kappa shape index (κ3) is 4.10. The topological polar surface area (TPSA) is 29.5 Å². The summed E-state index contributed by atoms with van der Waals surface area (Å²) in [5, 5.41) is 0. The van der Waals surface area contributed by atoms with Crippen molar-refractivity contribution < 1.29 is 9.53 Å². The Bertz CT molecular complexity index is 490. The van der Waals surface area contributed by atoms with Crippen LogP contribution in [-0.4, -0.2) is 30.5 Å². The van der Waals surface area contributed by atoms with E-state index in [1.54, 1.807) is 0 Å². The highest BCUT2D eigenvalue weighted by molar-refractivity contribution is 5.69. The Morgan fingerprint density at radius 2 is 2.00 bits per heavy atom. The van der Waals surface area contributed by atoms with Gasteiger partial charge in [0.25, 0.3) is 0 Å². The molecular formula is C19H29NO2. The average molecular weight is 303 g/mol. The minimum Gasteiger partial charge on any atom is -0.454 e. The Kier molecular flexibility index (Phi) is 6.01. The van der Waals surface area contributed by atoms with Gasteiger partial charge in [-0.2, -0.15) is 0 Å². The molecule has 0 amide bonds. The van der Waals surface area contributed by atoms with Gasteiger partial charge in [-0.05, 0) is 25.5 Å². The highest BCUT2D eigenvalue weighted by Crippen LogP contribution is 2.37. The maximum atomic E-state index is 12.0. The minimum atomic E-state index is -0.429. The predicted molar refractivity (Wildman–Crippen MR) is 89.8 cm³/mol. The van der Waals surface area contributed by atoms with Gasteiger partial charge in [-0.1, -0.05) is 50.1 Å². The summed E-state index contributed by atoms with van der Waals surface area (Å²) in [6.07, 6.45) is 4.70. The molecule has 1 heterocycles. The number of esters is 1. The van der Waals surface area contributed by atoms with Crippen molar-refractivity contribution in [3.05, 3.63) is 35.4 Å². The highest BCUT2D eigenvalue weighted by Gasteiger charge is 2.39. The fourth-order valence-electron chi connectivity index (χ4n) is 3.19. The van der Waals surface area contributed by atoms with Crippen molar-refractivity contribution >= 4 is 5.97 Å². The smallest absolute Gasteiger partial charge is 0.306 e. The van der Waals surface area contributed by atoms with Crippen LogP contribution in [0, 0.1) is 6.92 Å². The maximum absolute atomic E-state index is 12.0. The van der Waals surface area contributed by atoms with Crippen LogP contribution in [0.2, 0.25) is 0 Å². The molecule has 122 valence electrons. The van der Waals surface area contributed by atoms with E-state index < -0.39 is 5.60 Å².